The summed E-state index contributed by atoms with van der Waals surface area (Å²) >= 11 is 0. The van der Waals surface area contributed by atoms with Crippen LogP contribution in [-0.2, 0) is 6.54 Å². The van der Waals surface area contributed by atoms with Crippen LogP contribution in [0.4, 0.5) is 11.8 Å². The van der Waals surface area contributed by atoms with Gasteiger partial charge in [0.15, 0.2) is 17.0 Å². The maximum atomic E-state index is 12.9. The smallest absolute Gasteiger partial charge is 0.258 e. The number of hydrogen-bond acceptors (Lipinski definition) is 7. The Morgan fingerprint density at radius 1 is 1.06 bits per heavy atom. The van der Waals surface area contributed by atoms with Gasteiger partial charge in [0.2, 0.25) is 5.95 Å². The molecule has 9 heteroatoms. The molecule has 1 amide bonds. The fourth-order valence-corrected chi connectivity index (χ4v) is 4.44. The number of carbonyl (C=O) groups is 1. The molecule has 182 valence electrons. The molecular weight excluding hydrogens is 452 g/mol. The van der Waals surface area contributed by atoms with Crippen molar-refractivity contribution in [1.82, 2.24) is 24.4 Å². The van der Waals surface area contributed by atoms with Gasteiger partial charge in [0.25, 0.3) is 5.91 Å². The van der Waals surface area contributed by atoms with Crippen molar-refractivity contribution in [2.75, 3.05) is 36.8 Å². The molecule has 2 aromatic heterocycles. The van der Waals surface area contributed by atoms with Crippen molar-refractivity contribution in [3.63, 3.8) is 0 Å². The first-order valence-corrected chi connectivity index (χ1v) is 12.2. The zero-order valence-corrected chi connectivity index (χ0v) is 20.0. The lowest BCUT2D eigenvalue weighted by Crippen LogP contribution is -2.22. The topological polar surface area (TPSA) is 112 Å². The number of benzene rings is 2. The normalized spacial score (nSPS) is 13.5. The zero-order chi connectivity index (χ0) is 24.7. The van der Waals surface area contributed by atoms with E-state index in [9.17, 15) is 4.79 Å². The van der Waals surface area contributed by atoms with Crippen molar-refractivity contribution in [2.45, 2.75) is 25.8 Å². The van der Waals surface area contributed by atoms with Gasteiger partial charge < -0.3 is 14.8 Å². The number of aromatic nitrogens is 4. The average molecular weight is 481 g/mol. The van der Waals surface area contributed by atoms with E-state index in [2.05, 4.69) is 48.7 Å². The molecule has 0 bridgehead atoms. The van der Waals surface area contributed by atoms with E-state index < -0.39 is 0 Å². The number of fused-ring (bicyclic) bond motifs is 1. The second-order valence-electron chi connectivity index (χ2n) is 8.90. The monoisotopic (exact) mass is 480 g/mol. The number of nitrogens with one attached hydrogen (secondary N) is 2. The second kappa shape index (κ2) is 11.0. The van der Waals surface area contributed by atoms with Crippen molar-refractivity contribution in [3.8, 4) is 6.07 Å². The van der Waals surface area contributed by atoms with E-state index in [-0.39, 0.29) is 11.9 Å². The van der Waals surface area contributed by atoms with Crippen LogP contribution in [0.1, 0.15) is 40.7 Å². The number of likely N-dealkylation sites (tertiary alicyclic amines) is 1. The van der Waals surface area contributed by atoms with Gasteiger partial charge in [0.05, 0.1) is 24.5 Å². The maximum absolute atomic E-state index is 12.9. The summed E-state index contributed by atoms with van der Waals surface area (Å²) in [5.74, 6) is 0.404. The Kier molecular flexibility index (Phi) is 7.15. The van der Waals surface area contributed by atoms with E-state index in [0.29, 0.717) is 34.7 Å². The quantitative estimate of drug-likeness (QED) is 0.350. The molecule has 1 aliphatic rings. The number of carbonyl (C=O) groups excluding carboxylic acids is 1. The van der Waals surface area contributed by atoms with Crippen molar-refractivity contribution in [3.05, 3.63) is 77.6 Å². The van der Waals surface area contributed by atoms with Crippen LogP contribution in [0.15, 0.2) is 60.9 Å². The fraction of sp³-hybridized carbons (Fsp3) is 0.296. The first-order valence-electron chi connectivity index (χ1n) is 12.2. The van der Waals surface area contributed by atoms with Crippen LogP contribution in [0, 0.1) is 11.3 Å². The molecule has 0 unspecified atom stereocenters. The van der Waals surface area contributed by atoms with Gasteiger partial charge in [0.1, 0.15) is 0 Å². The first kappa shape index (κ1) is 23.5. The molecule has 1 aliphatic heterocycles. The minimum absolute atomic E-state index is 0.187. The van der Waals surface area contributed by atoms with Crippen LogP contribution < -0.4 is 10.6 Å². The summed E-state index contributed by atoms with van der Waals surface area (Å²) in [4.78, 5) is 29.2. The van der Waals surface area contributed by atoms with Gasteiger partial charge in [-0.2, -0.15) is 15.2 Å². The number of rotatable bonds is 9. The molecule has 9 nitrogen and oxygen atoms in total. The third kappa shape index (κ3) is 5.50. The first-order chi connectivity index (χ1) is 17.7. The SMILES string of the molecule is N#Cc1cccc(C(=O)Nc2nc(NCCCN3CCCC3)c3ncn(Cc4ccccc4)c3n2)c1. The Morgan fingerprint density at radius 3 is 2.69 bits per heavy atom. The molecule has 0 atom stereocenters. The summed E-state index contributed by atoms with van der Waals surface area (Å²) in [5.41, 5.74) is 3.21. The third-order valence-corrected chi connectivity index (χ3v) is 6.28. The third-order valence-electron chi connectivity index (χ3n) is 6.28. The van der Waals surface area contributed by atoms with Crippen LogP contribution in [0.5, 0.6) is 0 Å². The Labute approximate surface area is 209 Å². The maximum Gasteiger partial charge on any atom is 0.258 e. The number of imidazole rings is 1. The van der Waals surface area contributed by atoms with E-state index in [1.807, 2.05) is 22.8 Å². The Hall–Kier alpha value is -4.29. The molecule has 1 saturated heterocycles. The number of anilines is 2. The highest BCUT2D eigenvalue weighted by molar-refractivity contribution is 6.04. The van der Waals surface area contributed by atoms with E-state index in [1.165, 1.54) is 25.9 Å². The molecule has 5 rings (SSSR count). The number of amides is 1. The van der Waals surface area contributed by atoms with Crippen molar-refractivity contribution < 1.29 is 4.79 Å². The van der Waals surface area contributed by atoms with Gasteiger partial charge in [-0.1, -0.05) is 36.4 Å². The lowest BCUT2D eigenvalue weighted by molar-refractivity contribution is 0.102. The minimum atomic E-state index is -0.374. The fourth-order valence-electron chi connectivity index (χ4n) is 4.44. The molecule has 0 radical (unpaired) electrons. The predicted octanol–water partition coefficient (Wildman–Crippen LogP) is 3.90. The lowest BCUT2D eigenvalue weighted by atomic mass is 10.1. The molecule has 3 heterocycles. The largest absolute Gasteiger partial charge is 0.368 e. The minimum Gasteiger partial charge on any atom is -0.368 e. The molecule has 0 spiro atoms. The summed E-state index contributed by atoms with van der Waals surface area (Å²) < 4.78 is 1.95. The molecular formula is C27H28N8O. The Morgan fingerprint density at radius 2 is 1.89 bits per heavy atom. The number of nitrogens with zero attached hydrogens (tertiary/aromatic N) is 6. The Bertz CT molecular complexity index is 1390. The van der Waals surface area contributed by atoms with Crippen molar-refractivity contribution in [1.29, 1.82) is 5.26 Å². The van der Waals surface area contributed by atoms with Gasteiger partial charge >= 0.3 is 0 Å². The molecule has 1 fully saturated rings. The molecule has 0 aliphatic carbocycles. The summed E-state index contributed by atoms with van der Waals surface area (Å²) in [7, 11) is 0. The van der Waals surface area contributed by atoms with Gasteiger partial charge in [-0.05, 0) is 62.7 Å². The predicted molar refractivity (Wildman–Crippen MR) is 139 cm³/mol. The zero-order valence-electron chi connectivity index (χ0n) is 20.0. The summed E-state index contributed by atoms with van der Waals surface area (Å²) in [6.45, 7) is 4.73. The molecule has 0 saturated carbocycles. The van der Waals surface area contributed by atoms with E-state index in [4.69, 9.17) is 5.26 Å². The van der Waals surface area contributed by atoms with Crippen LogP contribution in [-0.4, -0.2) is 56.5 Å². The van der Waals surface area contributed by atoms with Crippen molar-refractivity contribution >= 4 is 28.8 Å². The van der Waals surface area contributed by atoms with Gasteiger partial charge in [-0.15, -0.1) is 0 Å². The molecule has 2 aromatic carbocycles. The van der Waals surface area contributed by atoms with Crippen LogP contribution in [0.2, 0.25) is 0 Å². The molecule has 4 aromatic rings. The van der Waals surface area contributed by atoms with Crippen LogP contribution in [0.3, 0.4) is 0 Å². The van der Waals surface area contributed by atoms with E-state index >= 15 is 0 Å². The Balaban J connectivity index is 1.40. The number of hydrogen-bond donors (Lipinski definition) is 2. The number of nitriles is 1. The molecule has 2 N–H and O–H groups in total. The van der Waals surface area contributed by atoms with Gasteiger partial charge in [-0.25, -0.2) is 4.98 Å². The summed E-state index contributed by atoms with van der Waals surface area (Å²) in [5, 5.41) is 15.4. The van der Waals surface area contributed by atoms with Gasteiger partial charge in [-0.3, -0.25) is 10.1 Å². The van der Waals surface area contributed by atoms with Gasteiger partial charge in [0, 0.05) is 12.1 Å². The van der Waals surface area contributed by atoms with Crippen molar-refractivity contribution in [2.24, 2.45) is 0 Å². The summed E-state index contributed by atoms with van der Waals surface area (Å²) in [6, 6.07) is 18.7. The molecule has 36 heavy (non-hydrogen) atoms. The standard InChI is InChI=1S/C27H28N8O/c28-17-21-10-6-11-22(16-21)26(36)33-27-31-24(29-12-7-15-34-13-4-5-14-34)23-25(32-27)35(19-30-23)18-20-8-2-1-3-9-20/h1-3,6,8-11,16,19H,4-5,7,12-15,18H2,(H2,29,31,32,33,36). The highest BCUT2D eigenvalue weighted by Crippen LogP contribution is 2.22. The van der Waals surface area contributed by atoms with Crippen LogP contribution in [0.25, 0.3) is 11.2 Å². The lowest BCUT2D eigenvalue weighted by Gasteiger charge is -2.15. The highest BCUT2D eigenvalue weighted by atomic mass is 16.1. The second-order valence-corrected chi connectivity index (χ2v) is 8.90. The highest BCUT2D eigenvalue weighted by Gasteiger charge is 2.17. The van der Waals surface area contributed by atoms with E-state index in [1.54, 1.807) is 30.6 Å². The summed E-state index contributed by atoms with van der Waals surface area (Å²) in [6.07, 6.45) is 5.29. The van der Waals surface area contributed by atoms with Crippen LogP contribution >= 0.6 is 0 Å². The van der Waals surface area contributed by atoms with E-state index in [0.717, 1.165) is 25.1 Å². The average Bonchev–Trinajstić information content (AvgIpc) is 3.58.